The van der Waals surface area contributed by atoms with E-state index in [9.17, 15) is 5.11 Å². The molecule has 0 amide bonds. The fourth-order valence-corrected chi connectivity index (χ4v) is 3.57. The molecule has 3 heteroatoms. The molecule has 0 spiro atoms. The summed E-state index contributed by atoms with van der Waals surface area (Å²) < 4.78 is 2.01. The Morgan fingerprint density at radius 1 is 0.692 bits per heavy atom. The number of rotatable bonds is 5. The maximum Gasteiger partial charge on any atom is 0.137 e. The quantitative estimate of drug-likeness (QED) is 0.553. The number of hydrogen-bond acceptors (Lipinski definition) is 2. The van der Waals surface area contributed by atoms with Gasteiger partial charge in [-0.15, -0.1) is 0 Å². The van der Waals surface area contributed by atoms with Crippen molar-refractivity contribution in [3.8, 4) is 0 Å². The molecule has 0 atom stereocenters. The minimum absolute atomic E-state index is 0.0335. The van der Waals surface area contributed by atoms with Gasteiger partial charge in [-0.2, -0.15) is 5.10 Å². The van der Waals surface area contributed by atoms with Gasteiger partial charge in [0.1, 0.15) is 5.54 Å². The lowest BCUT2D eigenvalue weighted by molar-refractivity contribution is 0.281. The molecule has 1 heterocycles. The zero-order valence-electron chi connectivity index (χ0n) is 14.4. The largest absolute Gasteiger partial charge is 0.392 e. The summed E-state index contributed by atoms with van der Waals surface area (Å²) in [5, 5.41) is 14.1. The molecule has 3 aromatic carbocycles. The molecule has 1 aromatic heterocycles. The van der Waals surface area contributed by atoms with Crippen LogP contribution < -0.4 is 0 Å². The smallest absolute Gasteiger partial charge is 0.137 e. The van der Waals surface area contributed by atoms with Crippen LogP contribution in [0.2, 0.25) is 0 Å². The summed E-state index contributed by atoms with van der Waals surface area (Å²) in [6, 6.07) is 30.8. The first-order chi connectivity index (χ1) is 12.9. The van der Waals surface area contributed by atoms with E-state index in [0.717, 1.165) is 22.3 Å². The van der Waals surface area contributed by atoms with E-state index >= 15 is 0 Å². The van der Waals surface area contributed by atoms with Crippen molar-refractivity contribution in [2.75, 3.05) is 0 Å². The molecular weight excluding hydrogens is 320 g/mol. The van der Waals surface area contributed by atoms with Crippen molar-refractivity contribution < 1.29 is 5.11 Å². The zero-order valence-corrected chi connectivity index (χ0v) is 14.4. The Hall–Kier alpha value is -3.17. The van der Waals surface area contributed by atoms with Gasteiger partial charge in [-0.3, -0.25) is 4.68 Å². The Labute approximate surface area is 153 Å². The second-order valence-electron chi connectivity index (χ2n) is 6.25. The predicted octanol–water partition coefficient (Wildman–Crippen LogP) is 4.22. The van der Waals surface area contributed by atoms with E-state index in [-0.39, 0.29) is 6.61 Å². The standard InChI is InChI=1S/C23H20N2O/c26-18-19-12-14-22(15-13-19)23(25-17-7-16-24-25,20-8-3-1-4-9-20)21-10-5-2-6-11-21/h1-17,26H,18H2. The Balaban J connectivity index is 2.07. The maximum absolute atomic E-state index is 9.43. The Morgan fingerprint density at radius 2 is 1.23 bits per heavy atom. The molecule has 1 N–H and O–H groups in total. The third kappa shape index (κ3) is 2.63. The molecule has 0 saturated heterocycles. The SMILES string of the molecule is OCc1ccc(C(c2ccccc2)(c2ccccc2)n2cccn2)cc1. The van der Waals surface area contributed by atoms with Crippen LogP contribution >= 0.6 is 0 Å². The summed E-state index contributed by atoms with van der Waals surface area (Å²) in [4.78, 5) is 0. The highest BCUT2D eigenvalue weighted by Gasteiger charge is 2.38. The van der Waals surface area contributed by atoms with Crippen LogP contribution in [0.3, 0.4) is 0 Å². The van der Waals surface area contributed by atoms with Crippen LogP contribution in [0.5, 0.6) is 0 Å². The Bertz CT molecular complexity index is 907. The number of aromatic nitrogens is 2. The van der Waals surface area contributed by atoms with Crippen LogP contribution in [-0.4, -0.2) is 14.9 Å². The fourth-order valence-electron chi connectivity index (χ4n) is 3.57. The minimum atomic E-state index is -0.583. The van der Waals surface area contributed by atoms with Crippen LogP contribution in [0.4, 0.5) is 0 Å². The second kappa shape index (κ2) is 6.98. The van der Waals surface area contributed by atoms with Gasteiger partial charge in [-0.05, 0) is 28.3 Å². The molecule has 4 rings (SSSR count). The highest BCUT2D eigenvalue weighted by atomic mass is 16.3. The van der Waals surface area contributed by atoms with Crippen molar-refractivity contribution in [2.45, 2.75) is 12.1 Å². The van der Waals surface area contributed by atoms with E-state index < -0.39 is 5.54 Å². The highest BCUT2D eigenvalue weighted by Crippen LogP contribution is 2.40. The molecule has 128 valence electrons. The average molecular weight is 340 g/mol. The van der Waals surface area contributed by atoms with Crippen LogP contribution in [0, 0.1) is 0 Å². The number of nitrogens with zero attached hydrogens (tertiary/aromatic N) is 2. The monoisotopic (exact) mass is 340 g/mol. The third-order valence-corrected chi connectivity index (χ3v) is 4.79. The summed E-state index contributed by atoms with van der Waals surface area (Å²) >= 11 is 0. The molecule has 0 aliphatic heterocycles. The molecule has 0 bridgehead atoms. The molecule has 0 aliphatic rings. The first-order valence-electron chi connectivity index (χ1n) is 8.67. The van der Waals surface area contributed by atoms with Gasteiger partial charge in [0, 0.05) is 12.4 Å². The van der Waals surface area contributed by atoms with Crippen molar-refractivity contribution >= 4 is 0 Å². The number of benzene rings is 3. The van der Waals surface area contributed by atoms with E-state index in [1.807, 2.05) is 47.4 Å². The summed E-state index contributed by atoms with van der Waals surface area (Å²) in [6.45, 7) is 0.0335. The van der Waals surface area contributed by atoms with E-state index in [4.69, 9.17) is 0 Å². The lowest BCUT2D eigenvalue weighted by Crippen LogP contribution is -2.38. The first-order valence-corrected chi connectivity index (χ1v) is 8.67. The summed E-state index contributed by atoms with van der Waals surface area (Å²) in [7, 11) is 0. The number of hydrogen-bond donors (Lipinski definition) is 1. The van der Waals surface area contributed by atoms with E-state index in [0.29, 0.717) is 0 Å². The molecule has 0 saturated carbocycles. The molecule has 0 unspecified atom stereocenters. The number of aliphatic hydroxyl groups is 1. The van der Waals surface area contributed by atoms with Gasteiger partial charge in [0.25, 0.3) is 0 Å². The van der Waals surface area contributed by atoms with Crippen LogP contribution in [0.1, 0.15) is 22.3 Å². The highest BCUT2D eigenvalue weighted by molar-refractivity contribution is 5.50. The van der Waals surface area contributed by atoms with Gasteiger partial charge in [-0.25, -0.2) is 0 Å². The van der Waals surface area contributed by atoms with Gasteiger partial charge in [0.15, 0.2) is 0 Å². The van der Waals surface area contributed by atoms with Crippen LogP contribution in [0.15, 0.2) is 103 Å². The van der Waals surface area contributed by atoms with Gasteiger partial charge in [-0.1, -0.05) is 84.9 Å². The molecule has 0 aliphatic carbocycles. The van der Waals surface area contributed by atoms with Gasteiger partial charge in [0.2, 0.25) is 0 Å². The fraction of sp³-hybridized carbons (Fsp3) is 0.0870. The minimum Gasteiger partial charge on any atom is -0.392 e. The van der Waals surface area contributed by atoms with Gasteiger partial charge in [0.05, 0.1) is 6.61 Å². The zero-order chi connectivity index (χ0) is 17.8. The summed E-state index contributed by atoms with van der Waals surface area (Å²) in [6.07, 6.45) is 3.81. The molecule has 3 nitrogen and oxygen atoms in total. The van der Waals surface area contributed by atoms with Crippen LogP contribution in [0.25, 0.3) is 0 Å². The average Bonchev–Trinajstić information content (AvgIpc) is 3.26. The normalized spacial score (nSPS) is 11.4. The molecule has 26 heavy (non-hydrogen) atoms. The van der Waals surface area contributed by atoms with Gasteiger partial charge < -0.3 is 5.11 Å². The van der Waals surface area contributed by atoms with E-state index in [1.165, 1.54) is 0 Å². The summed E-state index contributed by atoms with van der Waals surface area (Å²) in [5.74, 6) is 0. The van der Waals surface area contributed by atoms with Crippen molar-refractivity contribution in [3.63, 3.8) is 0 Å². The maximum atomic E-state index is 9.43. The topological polar surface area (TPSA) is 38.0 Å². The first kappa shape index (κ1) is 16.3. The Morgan fingerprint density at radius 3 is 1.69 bits per heavy atom. The lowest BCUT2D eigenvalue weighted by Gasteiger charge is -2.36. The lowest BCUT2D eigenvalue weighted by atomic mass is 9.77. The van der Waals surface area contributed by atoms with Gasteiger partial charge >= 0.3 is 0 Å². The molecular formula is C23H20N2O. The number of aliphatic hydroxyl groups excluding tert-OH is 1. The second-order valence-corrected chi connectivity index (χ2v) is 6.25. The molecule has 4 aromatic rings. The van der Waals surface area contributed by atoms with E-state index in [2.05, 4.69) is 65.8 Å². The molecule has 0 fully saturated rings. The van der Waals surface area contributed by atoms with Crippen molar-refractivity contribution in [3.05, 3.63) is 126 Å². The predicted molar refractivity (Wildman–Crippen MR) is 103 cm³/mol. The van der Waals surface area contributed by atoms with E-state index in [1.54, 1.807) is 0 Å². The Kier molecular flexibility index (Phi) is 4.38. The van der Waals surface area contributed by atoms with Crippen molar-refractivity contribution in [1.82, 2.24) is 9.78 Å². The third-order valence-electron chi connectivity index (χ3n) is 4.79. The summed E-state index contributed by atoms with van der Waals surface area (Å²) in [5.41, 5.74) is 3.67. The van der Waals surface area contributed by atoms with Crippen molar-refractivity contribution in [1.29, 1.82) is 0 Å². The van der Waals surface area contributed by atoms with Crippen LogP contribution in [-0.2, 0) is 12.1 Å². The van der Waals surface area contributed by atoms with Crippen molar-refractivity contribution in [2.24, 2.45) is 0 Å². The molecule has 0 radical (unpaired) electrons.